The van der Waals surface area contributed by atoms with Crippen molar-refractivity contribution < 1.29 is 5.11 Å². The molecule has 2 N–H and O–H groups in total. The van der Waals surface area contributed by atoms with E-state index in [1.54, 1.807) is 12.1 Å². The third-order valence-corrected chi connectivity index (χ3v) is 3.19. The number of nitrogens with one attached hydrogen (secondary N) is 1. The largest absolute Gasteiger partial charge is 0.508 e. The van der Waals surface area contributed by atoms with Crippen molar-refractivity contribution >= 4 is 26.8 Å². The number of H-pyrrole nitrogens is 1. The maximum absolute atomic E-state index is 9.51. The van der Waals surface area contributed by atoms with Gasteiger partial charge in [0.05, 0.1) is 5.52 Å². The van der Waals surface area contributed by atoms with E-state index in [0.29, 0.717) is 0 Å². The van der Waals surface area contributed by atoms with E-state index in [9.17, 15) is 5.11 Å². The second-order valence-corrected chi connectivity index (χ2v) is 4.72. The molecule has 0 spiro atoms. The average Bonchev–Trinajstić information content (AvgIpc) is 2.73. The molecule has 0 fully saturated rings. The molecule has 17 heavy (non-hydrogen) atoms. The van der Waals surface area contributed by atoms with Crippen LogP contribution in [0.15, 0.2) is 46.9 Å². The van der Waals surface area contributed by atoms with E-state index in [1.807, 2.05) is 30.3 Å². The van der Waals surface area contributed by atoms with Gasteiger partial charge in [0.15, 0.2) is 0 Å². The van der Waals surface area contributed by atoms with E-state index in [4.69, 9.17) is 0 Å². The molecule has 0 saturated carbocycles. The normalized spacial score (nSPS) is 10.9. The fourth-order valence-electron chi connectivity index (χ4n) is 1.83. The summed E-state index contributed by atoms with van der Waals surface area (Å²) in [5.74, 6) is 0.247. The first-order valence-corrected chi connectivity index (χ1v) is 5.96. The molecular formula is C13H9BrN2O. The molecule has 0 aliphatic carbocycles. The molecule has 3 rings (SSSR count). The Morgan fingerprint density at radius 1 is 1.06 bits per heavy atom. The topological polar surface area (TPSA) is 48.9 Å². The quantitative estimate of drug-likeness (QED) is 0.717. The lowest BCUT2D eigenvalue weighted by atomic mass is 10.1. The van der Waals surface area contributed by atoms with E-state index in [-0.39, 0.29) is 5.75 Å². The van der Waals surface area contributed by atoms with Gasteiger partial charge in [-0.2, -0.15) is 5.10 Å². The van der Waals surface area contributed by atoms with Crippen LogP contribution in [0.3, 0.4) is 0 Å². The van der Waals surface area contributed by atoms with E-state index in [1.165, 1.54) is 0 Å². The number of aromatic hydroxyl groups is 1. The highest BCUT2D eigenvalue weighted by Gasteiger charge is 2.08. The van der Waals surface area contributed by atoms with Gasteiger partial charge in [0.25, 0.3) is 0 Å². The van der Waals surface area contributed by atoms with Crippen LogP contribution < -0.4 is 0 Å². The first kappa shape index (κ1) is 10.4. The van der Waals surface area contributed by atoms with Gasteiger partial charge >= 0.3 is 0 Å². The van der Waals surface area contributed by atoms with Crippen molar-refractivity contribution in [3.63, 3.8) is 0 Å². The van der Waals surface area contributed by atoms with E-state index >= 15 is 0 Å². The standard InChI is InChI=1S/C13H9BrN2O/c14-9-3-1-8(2-4-9)13-11-7-10(17)5-6-12(11)15-16-13/h1-7,17H,(H,15,16). The number of aromatic amines is 1. The molecule has 0 saturated heterocycles. The van der Waals surface area contributed by atoms with Crippen LogP contribution in [0.5, 0.6) is 5.75 Å². The second kappa shape index (κ2) is 3.89. The fourth-order valence-corrected chi connectivity index (χ4v) is 2.09. The summed E-state index contributed by atoms with van der Waals surface area (Å²) >= 11 is 3.40. The molecule has 1 heterocycles. The van der Waals surface area contributed by atoms with Gasteiger partial charge in [0, 0.05) is 15.4 Å². The molecule has 4 heteroatoms. The summed E-state index contributed by atoms with van der Waals surface area (Å²) in [6.07, 6.45) is 0. The number of nitrogens with zero attached hydrogens (tertiary/aromatic N) is 1. The number of hydrogen-bond acceptors (Lipinski definition) is 2. The maximum atomic E-state index is 9.51. The predicted octanol–water partition coefficient (Wildman–Crippen LogP) is 3.70. The van der Waals surface area contributed by atoms with E-state index in [2.05, 4.69) is 26.1 Å². The van der Waals surface area contributed by atoms with Crippen LogP contribution in [0, 0.1) is 0 Å². The maximum Gasteiger partial charge on any atom is 0.116 e. The second-order valence-electron chi connectivity index (χ2n) is 3.81. The Balaban J connectivity index is 2.23. The molecule has 0 aliphatic heterocycles. The number of fused-ring (bicyclic) bond motifs is 1. The first-order valence-electron chi connectivity index (χ1n) is 5.17. The summed E-state index contributed by atoms with van der Waals surface area (Å²) < 4.78 is 1.03. The minimum Gasteiger partial charge on any atom is -0.508 e. The van der Waals surface area contributed by atoms with Gasteiger partial charge in [-0.15, -0.1) is 0 Å². The SMILES string of the molecule is Oc1ccc2[nH]nc(-c3ccc(Br)cc3)c2c1. The summed E-state index contributed by atoms with van der Waals surface area (Å²) in [4.78, 5) is 0. The number of hydrogen-bond donors (Lipinski definition) is 2. The highest BCUT2D eigenvalue weighted by atomic mass is 79.9. The summed E-state index contributed by atoms with van der Waals surface area (Å²) in [7, 11) is 0. The van der Waals surface area contributed by atoms with Crippen LogP contribution in [0.1, 0.15) is 0 Å². The molecule has 3 nitrogen and oxygen atoms in total. The molecule has 2 aromatic carbocycles. The lowest BCUT2D eigenvalue weighted by Crippen LogP contribution is -1.78. The number of rotatable bonds is 1. The molecule has 84 valence electrons. The van der Waals surface area contributed by atoms with Crippen molar-refractivity contribution in [2.75, 3.05) is 0 Å². The zero-order valence-electron chi connectivity index (χ0n) is 8.81. The molecule has 0 amide bonds. The van der Waals surface area contributed by atoms with Crippen LogP contribution >= 0.6 is 15.9 Å². The van der Waals surface area contributed by atoms with Crippen molar-refractivity contribution in [2.45, 2.75) is 0 Å². The Kier molecular flexibility index (Phi) is 2.37. The number of aromatic nitrogens is 2. The lowest BCUT2D eigenvalue weighted by molar-refractivity contribution is 0.476. The minimum absolute atomic E-state index is 0.247. The Morgan fingerprint density at radius 3 is 2.59 bits per heavy atom. The van der Waals surface area contributed by atoms with Crippen molar-refractivity contribution in [1.82, 2.24) is 10.2 Å². The lowest BCUT2D eigenvalue weighted by Gasteiger charge is -1.98. The monoisotopic (exact) mass is 288 g/mol. The highest BCUT2D eigenvalue weighted by molar-refractivity contribution is 9.10. The van der Waals surface area contributed by atoms with Gasteiger partial charge in [-0.1, -0.05) is 28.1 Å². The Hall–Kier alpha value is -1.81. The first-order chi connectivity index (χ1) is 8.24. The fraction of sp³-hybridized carbons (Fsp3) is 0. The summed E-state index contributed by atoms with van der Waals surface area (Å²) in [5.41, 5.74) is 2.79. The van der Waals surface area contributed by atoms with Crippen molar-refractivity contribution in [2.24, 2.45) is 0 Å². The summed E-state index contributed by atoms with van der Waals surface area (Å²) in [5, 5.41) is 17.7. The van der Waals surface area contributed by atoms with Crippen LogP contribution in [0.2, 0.25) is 0 Å². The van der Waals surface area contributed by atoms with Gasteiger partial charge < -0.3 is 5.11 Å². The van der Waals surface area contributed by atoms with Crippen LogP contribution in [-0.2, 0) is 0 Å². The molecule has 0 aliphatic rings. The van der Waals surface area contributed by atoms with E-state index in [0.717, 1.165) is 26.6 Å². The number of phenolic OH excluding ortho intramolecular Hbond substituents is 1. The summed E-state index contributed by atoms with van der Waals surface area (Å²) in [6, 6.07) is 13.1. The van der Waals surface area contributed by atoms with Crippen molar-refractivity contribution in [3.05, 3.63) is 46.9 Å². The van der Waals surface area contributed by atoms with Gasteiger partial charge in [0.2, 0.25) is 0 Å². The third kappa shape index (κ3) is 1.80. The van der Waals surface area contributed by atoms with Gasteiger partial charge in [0.1, 0.15) is 11.4 Å². The van der Waals surface area contributed by atoms with Crippen LogP contribution in [-0.4, -0.2) is 15.3 Å². The number of benzene rings is 2. The van der Waals surface area contributed by atoms with Gasteiger partial charge in [-0.05, 0) is 30.3 Å². The van der Waals surface area contributed by atoms with Gasteiger partial charge in [-0.3, -0.25) is 5.10 Å². The molecule has 0 bridgehead atoms. The van der Waals surface area contributed by atoms with Gasteiger partial charge in [-0.25, -0.2) is 0 Å². The molecule has 0 atom stereocenters. The highest BCUT2D eigenvalue weighted by Crippen LogP contribution is 2.29. The zero-order chi connectivity index (χ0) is 11.8. The third-order valence-electron chi connectivity index (χ3n) is 2.66. The molecule has 3 aromatic rings. The van der Waals surface area contributed by atoms with Crippen LogP contribution in [0.4, 0.5) is 0 Å². The Morgan fingerprint density at radius 2 is 1.82 bits per heavy atom. The Labute approximate surface area is 106 Å². The van der Waals surface area contributed by atoms with Crippen LogP contribution in [0.25, 0.3) is 22.2 Å². The Bertz CT molecular complexity index is 673. The summed E-state index contributed by atoms with van der Waals surface area (Å²) in [6.45, 7) is 0. The van der Waals surface area contributed by atoms with Crippen molar-refractivity contribution in [3.8, 4) is 17.0 Å². The van der Waals surface area contributed by atoms with E-state index < -0.39 is 0 Å². The molecule has 1 aromatic heterocycles. The predicted molar refractivity (Wildman–Crippen MR) is 70.9 cm³/mol. The number of halogens is 1. The molecule has 0 unspecified atom stereocenters. The zero-order valence-corrected chi connectivity index (χ0v) is 10.4. The molecular weight excluding hydrogens is 280 g/mol. The number of phenols is 1. The van der Waals surface area contributed by atoms with Crippen molar-refractivity contribution in [1.29, 1.82) is 0 Å². The smallest absolute Gasteiger partial charge is 0.116 e. The average molecular weight is 289 g/mol. The molecule has 0 radical (unpaired) electrons. The minimum atomic E-state index is 0.247.